The van der Waals surface area contributed by atoms with Crippen LogP contribution in [0.5, 0.6) is 0 Å². The van der Waals surface area contributed by atoms with Gasteiger partial charge in [0.1, 0.15) is 5.65 Å². The molecule has 0 unspecified atom stereocenters. The number of carbonyl (C=O) groups excluding carboxylic acids is 2. The molecule has 2 aromatic rings. The summed E-state index contributed by atoms with van der Waals surface area (Å²) in [6.07, 6.45) is 6.41. The lowest BCUT2D eigenvalue weighted by atomic mass is 10.1. The van der Waals surface area contributed by atoms with Crippen LogP contribution in [-0.4, -0.2) is 41.1 Å². The number of amides is 3. The van der Waals surface area contributed by atoms with Crippen molar-refractivity contribution in [2.45, 2.75) is 32.2 Å². The van der Waals surface area contributed by atoms with E-state index in [1.165, 1.54) is 0 Å². The molecule has 2 aromatic heterocycles. The number of pyridine rings is 1. The van der Waals surface area contributed by atoms with Gasteiger partial charge in [-0.1, -0.05) is 0 Å². The molecule has 0 atom stereocenters. The largest absolute Gasteiger partial charge is 0.329 e. The van der Waals surface area contributed by atoms with Crippen LogP contribution in [0.1, 0.15) is 30.9 Å². The number of nitrogens with one attached hydrogen (secondary N) is 2. The van der Waals surface area contributed by atoms with Crippen LogP contribution < -0.4 is 15.5 Å². The standard InChI is InChI=1S/C17H21N5O2/c1-11-10-22(12-2-5-18-6-3-12)16-14(11)8-13(9-19-16)21-7-4-15(23)20-17(21)24/h8-10,12,18H,2-7H2,1H3,(H,20,23,24). The Morgan fingerprint density at radius 1 is 1.25 bits per heavy atom. The normalized spacial score (nSPS) is 19.8. The van der Waals surface area contributed by atoms with Crippen molar-refractivity contribution >= 4 is 28.7 Å². The maximum absolute atomic E-state index is 12.0. The molecular weight excluding hydrogens is 306 g/mol. The number of aromatic nitrogens is 2. The van der Waals surface area contributed by atoms with E-state index in [1.54, 1.807) is 11.1 Å². The Labute approximate surface area is 140 Å². The third-order valence-electron chi connectivity index (χ3n) is 4.92. The molecule has 3 amide bonds. The van der Waals surface area contributed by atoms with Gasteiger partial charge in [0, 0.05) is 30.6 Å². The summed E-state index contributed by atoms with van der Waals surface area (Å²) in [6, 6.07) is 2.10. The van der Waals surface area contributed by atoms with Gasteiger partial charge in [-0.3, -0.25) is 15.0 Å². The van der Waals surface area contributed by atoms with Crippen LogP contribution in [-0.2, 0) is 4.79 Å². The zero-order valence-corrected chi connectivity index (χ0v) is 13.7. The van der Waals surface area contributed by atoms with Crippen LogP contribution in [0.2, 0.25) is 0 Å². The second kappa shape index (κ2) is 5.90. The number of hydrogen-bond donors (Lipinski definition) is 2. The van der Waals surface area contributed by atoms with Crippen LogP contribution in [0.25, 0.3) is 11.0 Å². The minimum Gasteiger partial charge on any atom is -0.329 e. The van der Waals surface area contributed by atoms with E-state index < -0.39 is 0 Å². The Balaban J connectivity index is 1.70. The lowest BCUT2D eigenvalue weighted by Crippen LogP contribution is -2.49. The van der Waals surface area contributed by atoms with Gasteiger partial charge >= 0.3 is 6.03 Å². The number of fused-ring (bicyclic) bond motifs is 1. The number of rotatable bonds is 2. The van der Waals surface area contributed by atoms with Crippen molar-refractivity contribution in [2.75, 3.05) is 24.5 Å². The molecule has 0 bridgehead atoms. The summed E-state index contributed by atoms with van der Waals surface area (Å²) in [5, 5.41) is 6.81. The number of nitrogens with zero attached hydrogens (tertiary/aromatic N) is 3. The first kappa shape index (κ1) is 15.1. The maximum Gasteiger partial charge on any atom is 0.328 e. The van der Waals surface area contributed by atoms with Gasteiger partial charge in [0.25, 0.3) is 0 Å². The van der Waals surface area contributed by atoms with Crippen molar-refractivity contribution in [1.82, 2.24) is 20.2 Å². The smallest absolute Gasteiger partial charge is 0.328 e. The van der Waals surface area contributed by atoms with E-state index in [0.29, 0.717) is 19.0 Å². The number of urea groups is 1. The molecule has 24 heavy (non-hydrogen) atoms. The molecule has 126 valence electrons. The maximum atomic E-state index is 12.0. The number of aryl methyl sites for hydroxylation is 1. The van der Waals surface area contributed by atoms with E-state index in [2.05, 4.69) is 33.3 Å². The average Bonchev–Trinajstić information content (AvgIpc) is 2.92. The molecule has 4 rings (SSSR count). The molecule has 0 saturated carbocycles. The highest BCUT2D eigenvalue weighted by molar-refractivity contribution is 6.06. The Bertz CT molecular complexity index is 807. The number of carbonyl (C=O) groups is 2. The van der Waals surface area contributed by atoms with Crippen molar-refractivity contribution in [3.63, 3.8) is 0 Å². The lowest BCUT2D eigenvalue weighted by molar-refractivity contribution is -0.120. The van der Waals surface area contributed by atoms with E-state index in [0.717, 1.165) is 48.2 Å². The van der Waals surface area contributed by atoms with Gasteiger partial charge in [0.2, 0.25) is 5.91 Å². The Kier molecular flexibility index (Phi) is 3.72. The lowest BCUT2D eigenvalue weighted by Gasteiger charge is -2.27. The zero-order valence-electron chi connectivity index (χ0n) is 13.7. The summed E-state index contributed by atoms with van der Waals surface area (Å²) in [5.41, 5.74) is 2.86. The summed E-state index contributed by atoms with van der Waals surface area (Å²) in [7, 11) is 0. The molecule has 0 aromatic carbocycles. The summed E-state index contributed by atoms with van der Waals surface area (Å²) in [6.45, 7) is 4.53. The first-order valence-corrected chi connectivity index (χ1v) is 8.43. The SMILES string of the molecule is Cc1cn(C2CCNCC2)c2ncc(N3CCC(=O)NC3=O)cc12. The van der Waals surface area contributed by atoms with Crippen LogP contribution >= 0.6 is 0 Å². The summed E-state index contributed by atoms with van der Waals surface area (Å²) >= 11 is 0. The molecule has 0 radical (unpaired) electrons. The van der Waals surface area contributed by atoms with Crippen molar-refractivity contribution in [2.24, 2.45) is 0 Å². The molecular formula is C17H21N5O2. The van der Waals surface area contributed by atoms with Crippen LogP contribution in [0.4, 0.5) is 10.5 Å². The highest BCUT2D eigenvalue weighted by Crippen LogP contribution is 2.30. The second-order valence-corrected chi connectivity index (χ2v) is 6.52. The fourth-order valence-electron chi connectivity index (χ4n) is 3.60. The molecule has 0 spiro atoms. The third kappa shape index (κ3) is 2.54. The van der Waals surface area contributed by atoms with Crippen LogP contribution in [0.15, 0.2) is 18.5 Å². The molecule has 2 saturated heterocycles. The van der Waals surface area contributed by atoms with Gasteiger partial charge in [0.15, 0.2) is 0 Å². The summed E-state index contributed by atoms with van der Waals surface area (Å²) < 4.78 is 2.27. The van der Waals surface area contributed by atoms with E-state index >= 15 is 0 Å². The van der Waals surface area contributed by atoms with Crippen LogP contribution in [0, 0.1) is 6.92 Å². The fraction of sp³-hybridized carbons (Fsp3) is 0.471. The molecule has 2 N–H and O–H groups in total. The molecule has 4 heterocycles. The summed E-state index contributed by atoms with van der Waals surface area (Å²) in [5.74, 6) is -0.224. The molecule has 0 aliphatic carbocycles. The van der Waals surface area contributed by atoms with Gasteiger partial charge in [-0.15, -0.1) is 0 Å². The quantitative estimate of drug-likeness (QED) is 0.880. The highest BCUT2D eigenvalue weighted by Gasteiger charge is 2.25. The number of imide groups is 1. The number of piperidine rings is 1. The minimum absolute atomic E-state index is 0.224. The number of hydrogen-bond acceptors (Lipinski definition) is 4. The summed E-state index contributed by atoms with van der Waals surface area (Å²) in [4.78, 5) is 29.6. The first-order chi connectivity index (χ1) is 11.6. The predicted octanol–water partition coefficient (Wildman–Crippen LogP) is 1.72. The average molecular weight is 327 g/mol. The monoisotopic (exact) mass is 327 g/mol. The molecule has 2 aliphatic heterocycles. The van der Waals surface area contributed by atoms with Crippen molar-refractivity contribution in [1.29, 1.82) is 0 Å². The van der Waals surface area contributed by atoms with Crippen molar-refractivity contribution in [3.05, 3.63) is 24.0 Å². The molecule has 2 fully saturated rings. The van der Waals surface area contributed by atoms with E-state index in [-0.39, 0.29) is 11.9 Å². The molecule has 7 nitrogen and oxygen atoms in total. The van der Waals surface area contributed by atoms with E-state index in [1.807, 2.05) is 6.07 Å². The van der Waals surface area contributed by atoms with Crippen LogP contribution in [0.3, 0.4) is 0 Å². The van der Waals surface area contributed by atoms with Crippen molar-refractivity contribution < 1.29 is 9.59 Å². The predicted molar refractivity (Wildman–Crippen MR) is 91.1 cm³/mol. The van der Waals surface area contributed by atoms with E-state index in [9.17, 15) is 9.59 Å². The van der Waals surface area contributed by atoms with Gasteiger partial charge < -0.3 is 9.88 Å². The Morgan fingerprint density at radius 3 is 2.79 bits per heavy atom. The van der Waals surface area contributed by atoms with Gasteiger partial charge in [-0.25, -0.2) is 9.78 Å². The Hall–Kier alpha value is -2.41. The third-order valence-corrected chi connectivity index (χ3v) is 4.92. The number of anilines is 1. The van der Waals surface area contributed by atoms with Gasteiger partial charge in [-0.2, -0.15) is 0 Å². The van der Waals surface area contributed by atoms with Crippen molar-refractivity contribution in [3.8, 4) is 0 Å². The zero-order chi connectivity index (χ0) is 16.7. The van der Waals surface area contributed by atoms with Gasteiger partial charge in [-0.05, 0) is 44.5 Å². The highest BCUT2D eigenvalue weighted by atomic mass is 16.2. The van der Waals surface area contributed by atoms with Gasteiger partial charge in [0.05, 0.1) is 11.9 Å². The molecule has 7 heteroatoms. The topological polar surface area (TPSA) is 79.3 Å². The minimum atomic E-state index is -0.372. The fourth-order valence-corrected chi connectivity index (χ4v) is 3.60. The second-order valence-electron chi connectivity index (χ2n) is 6.52. The molecule has 2 aliphatic rings. The first-order valence-electron chi connectivity index (χ1n) is 8.43. The Morgan fingerprint density at radius 2 is 2.04 bits per heavy atom. The van der Waals surface area contributed by atoms with E-state index in [4.69, 9.17) is 0 Å².